The normalized spacial score (nSPS) is 14.6. The Morgan fingerprint density at radius 2 is 1.95 bits per heavy atom. The number of nitrogens with one attached hydrogen (secondary N) is 1. The van der Waals surface area contributed by atoms with Crippen LogP contribution in [0.15, 0.2) is 18.2 Å². The fourth-order valence-electron chi connectivity index (χ4n) is 1.93. The maximum absolute atomic E-state index is 11.5. The smallest absolute Gasteiger partial charge is 0.227 e. The molecule has 1 atom stereocenters. The van der Waals surface area contributed by atoms with Crippen molar-refractivity contribution in [1.29, 1.82) is 0 Å². The summed E-state index contributed by atoms with van der Waals surface area (Å²) in [5.41, 5.74) is 0.918. The van der Waals surface area contributed by atoms with Gasteiger partial charge in [-0.25, -0.2) is 0 Å². The van der Waals surface area contributed by atoms with Gasteiger partial charge in [-0.2, -0.15) is 0 Å². The van der Waals surface area contributed by atoms with Crippen molar-refractivity contribution in [3.63, 3.8) is 0 Å². The maximum Gasteiger partial charge on any atom is 0.227 e. The lowest BCUT2D eigenvalue weighted by Gasteiger charge is -2.21. The van der Waals surface area contributed by atoms with Gasteiger partial charge in [-0.05, 0) is 31.5 Å². The van der Waals surface area contributed by atoms with Crippen molar-refractivity contribution >= 4 is 11.7 Å². The second-order valence-corrected chi connectivity index (χ2v) is 4.57. The molecule has 0 saturated carbocycles. The Morgan fingerprint density at radius 1 is 1.26 bits per heavy atom. The van der Waals surface area contributed by atoms with E-state index in [-0.39, 0.29) is 24.2 Å². The molecule has 1 aliphatic heterocycles. The van der Waals surface area contributed by atoms with Crippen molar-refractivity contribution < 1.29 is 19.1 Å². The highest BCUT2D eigenvalue weighted by atomic mass is 16.6. The molecule has 5 nitrogen and oxygen atoms in total. The van der Waals surface area contributed by atoms with Gasteiger partial charge < -0.3 is 14.8 Å². The van der Waals surface area contributed by atoms with Crippen molar-refractivity contribution in [2.45, 2.75) is 26.3 Å². The van der Waals surface area contributed by atoms with E-state index in [0.29, 0.717) is 19.0 Å². The van der Waals surface area contributed by atoms with E-state index < -0.39 is 0 Å². The molecule has 19 heavy (non-hydrogen) atoms. The molecular weight excluding hydrogens is 246 g/mol. The molecule has 1 aromatic carbocycles. The molecule has 0 spiro atoms. The van der Waals surface area contributed by atoms with Crippen molar-refractivity contribution in [2.75, 3.05) is 13.2 Å². The van der Waals surface area contributed by atoms with Crippen LogP contribution in [0.3, 0.4) is 0 Å². The van der Waals surface area contributed by atoms with Gasteiger partial charge in [0.25, 0.3) is 0 Å². The van der Waals surface area contributed by atoms with Crippen LogP contribution in [0.25, 0.3) is 0 Å². The Bertz CT molecular complexity index is 498. The zero-order valence-electron chi connectivity index (χ0n) is 11.1. The first-order valence-corrected chi connectivity index (χ1v) is 6.24. The van der Waals surface area contributed by atoms with Crippen molar-refractivity contribution in [3.05, 3.63) is 23.8 Å². The molecule has 1 unspecified atom stereocenters. The molecule has 0 aromatic heterocycles. The minimum Gasteiger partial charge on any atom is -0.486 e. The molecule has 102 valence electrons. The van der Waals surface area contributed by atoms with Crippen molar-refractivity contribution in [3.8, 4) is 11.5 Å². The maximum atomic E-state index is 11.5. The fraction of sp³-hybridized carbons (Fsp3) is 0.429. The van der Waals surface area contributed by atoms with Crippen LogP contribution in [-0.4, -0.2) is 24.9 Å². The zero-order chi connectivity index (χ0) is 13.8. The Hall–Kier alpha value is -2.04. The number of rotatable bonds is 4. The van der Waals surface area contributed by atoms with Crippen LogP contribution in [-0.2, 0) is 9.59 Å². The Labute approximate surface area is 111 Å². The molecular formula is C14H17NO4. The Balaban J connectivity index is 2.04. The Morgan fingerprint density at radius 3 is 2.63 bits per heavy atom. The van der Waals surface area contributed by atoms with Gasteiger partial charge in [0.05, 0.1) is 12.5 Å². The summed E-state index contributed by atoms with van der Waals surface area (Å²) in [4.78, 5) is 22.4. The predicted molar refractivity (Wildman–Crippen MR) is 69.3 cm³/mol. The second kappa shape index (κ2) is 5.73. The zero-order valence-corrected chi connectivity index (χ0v) is 11.1. The summed E-state index contributed by atoms with van der Waals surface area (Å²) in [6, 6.07) is 5.39. The lowest BCUT2D eigenvalue weighted by atomic mass is 10.1. The van der Waals surface area contributed by atoms with Crippen LogP contribution in [0.1, 0.15) is 31.9 Å². The summed E-state index contributed by atoms with van der Waals surface area (Å²) in [5.74, 6) is 0.996. The molecule has 1 heterocycles. The average molecular weight is 263 g/mol. The number of carbonyl (C=O) groups excluding carboxylic acids is 2. The molecule has 1 aliphatic rings. The molecule has 1 aromatic rings. The van der Waals surface area contributed by atoms with Gasteiger partial charge in [0.1, 0.15) is 19.0 Å². The number of hydrogen-bond acceptors (Lipinski definition) is 4. The predicted octanol–water partition coefficient (Wildman–Crippen LogP) is 1.61. The molecule has 0 fully saturated rings. The van der Waals surface area contributed by atoms with E-state index in [4.69, 9.17) is 9.47 Å². The summed E-state index contributed by atoms with van der Waals surface area (Å²) >= 11 is 0. The summed E-state index contributed by atoms with van der Waals surface area (Å²) in [5, 5.41) is 2.78. The van der Waals surface area contributed by atoms with Crippen LogP contribution in [0.2, 0.25) is 0 Å². The Kier molecular flexibility index (Phi) is 4.04. The summed E-state index contributed by atoms with van der Waals surface area (Å²) < 4.78 is 10.9. The largest absolute Gasteiger partial charge is 0.486 e. The third kappa shape index (κ3) is 3.47. The molecule has 1 amide bonds. The minimum atomic E-state index is -0.269. The van der Waals surface area contributed by atoms with Crippen LogP contribution in [0, 0.1) is 0 Å². The van der Waals surface area contributed by atoms with E-state index >= 15 is 0 Å². The lowest BCUT2D eigenvalue weighted by Crippen LogP contribution is -2.28. The molecule has 5 heteroatoms. The van der Waals surface area contributed by atoms with E-state index in [1.807, 2.05) is 25.1 Å². The van der Waals surface area contributed by atoms with E-state index in [0.717, 1.165) is 11.3 Å². The van der Waals surface area contributed by atoms with Gasteiger partial charge in [-0.1, -0.05) is 6.07 Å². The monoisotopic (exact) mass is 263 g/mol. The minimum absolute atomic E-state index is 0.0884. The molecule has 0 bridgehead atoms. The number of amides is 1. The quantitative estimate of drug-likeness (QED) is 0.838. The van der Waals surface area contributed by atoms with Crippen molar-refractivity contribution in [2.24, 2.45) is 0 Å². The van der Waals surface area contributed by atoms with E-state index in [2.05, 4.69) is 5.32 Å². The number of carbonyl (C=O) groups is 2. The lowest BCUT2D eigenvalue weighted by molar-refractivity contribution is -0.127. The number of benzene rings is 1. The second-order valence-electron chi connectivity index (χ2n) is 4.57. The summed E-state index contributed by atoms with van der Waals surface area (Å²) in [7, 11) is 0. The highest BCUT2D eigenvalue weighted by Gasteiger charge is 2.16. The van der Waals surface area contributed by atoms with Crippen molar-refractivity contribution in [1.82, 2.24) is 5.32 Å². The first-order chi connectivity index (χ1) is 9.06. The SMILES string of the molecule is CC(=O)CC(=O)NC(C)c1ccc2c(c1)OCCO2. The first-order valence-electron chi connectivity index (χ1n) is 6.24. The third-order valence-corrected chi connectivity index (χ3v) is 2.85. The first kappa shape index (κ1) is 13.4. The molecule has 0 aliphatic carbocycles. The van der Waals surface area contributed by atoms with Crippen LogP contribution >= 0.6 is 0 Å². The molecule has 2 rings (SSSR count). The summed E-state index contributed by atoms with van der Waals surface area (Å²) in [6.07, 6.45) is -0.0884. The van der Waals surface area contributed by atoms with Gasteiger partial charge in [0.2, 0.25) is 5.91 Å². The van der Waals surface area contributed by atoms with E-state index in [1.165, 1.54) is 6.92 Å². The fourth-order valence-corrected chi connectivity index (χ4v) is 1.93. The number of fused-ring (bicyclic) bond motifs is 1. The van der Waals surface area contributed by atoms with E-state index in [9.17, 15) is 9.59 Å². The van der Waals surface area contributed by atoms with Gasteiger partial charge in [0, 0.05) is 0 Å². The standard InChI is InChI=1S/C14H17NO4/c1-9(16)7-14(17)15-10(2)11-3-4-12-13(8-11)19-6-5-18-12/h3-4,8,10H,5-7H2,1-2H3,(H,15,17). The third-order valence-electron chi connectivity index (χ3n) is 2.85. The number of hydrogen-bond donors (Lipinski definition) is 1. The molecule has 1 N–H and O–H groups in total. The van der Waals surface area contributed by atoms with Crippen LogP contribution in [0.4, 0.5) is 0 Å². The highest BCUT2D eigenvalue weighted by Crippen LogP contribution is 2.32. The average Bonchev–Trinajstić information content (AvgIpc) is 2.37. The van der Waals surface area contributed by atoms with Gasteiger partial charge in [-0.15, -0.1) is 0 Å². The number of Topliss-reactive ketones (excluding diaryl/α,β-unsaturated/α-hetero) is 1. The molecule has 0 saturated heterocycles. The van der Waals surface area contributed by atoms with Gasteiger partial charge >= 0.3 is 0 Å². The topological polar surface area (TPSA) is 64.6 Å². The van der Waals surface area contributed by atoms with E-state index in [1.54, 1.807) is 0 Å². The number of ether oxygens (including phenoxy) is 2. The summed E-state index contributed by atoms with van der Waals surface area (Å²) in [6.45, 7) is 4.34. The highest BCUT2D eigenvalue weighted by molar-refractivity contribution is 5.96. The van der Waals surface area contributed by atoms with Crippen LogP contribution in [0.5, 0.6) is 11.5 Å². The number of ketones is 1. The van der Waals surface area contributed by atoms with Gasteiger partial charge in [0.15, 0.2) is 11.5 Å². The molecule has 0 radical (unpaired) electrons. The van der Waals surface area contributed by atoms with Gasteiger partial charge in [-0.3, -0.25) is 9.59 Å². The van der Waals surface area contributed by atoms with Crippen LogP contribution < -0.4 is 14.8 Å².